The van der Waals surface area contributed by atoms with Crippen LogP contribution < -0.4 is 5.32 Å². The Morgan fingerprint density at radius 3 is 2.61 bits per heavy atom. The van der Waals surface area contributed by atoms with Crippen LogP contribution in [0.25, 0.3) is 0 Å². The fourth-order valence-corrected chi connectivity index (χ4v) is 4.18. The summed E-state index contributed by atoms with van der Waals surface area (Å²) < 4.78 is 36.8. The Morgan fingerprint density at radius 1 is 1.32 bits per heavy atom. The molecule has 1 aliphatic rings. The molecule has 0 aromatic carbocycles. The van der Waals surface area contributed by atoms with Crippen molar-refractivity contribution < 1.29 is 17.7 Å². The molecule has 11 heteroatoms. The van der Waals surface area contributed by atoms with E-state index in [1.165, 1.54) is 10.6 Å². The third kappa shape index (κ3) is 8.21. The fraction of sp³-hybridized carbons (Fsp3) is 0.765. The molecule has 1 aromatic heterocycles. The molecule has 1 aromatic rings. The molecule has 0 atom stereocenters. The first-order valence-electron chi connectivity index (χ1n) is 9.33. The second-order valence-corrected chi connectivity index (χ2v) is 8.87. The molecule has 162 valence electrons. The van der Waals surface area contributed by atoms with Gasteiger partial charge in [-0.25, -0.2) is 8.42 Å². The van der Waals surface area contributed by atoms with Crippen molar-refractivity contribution in [2.45, 2.75) is 26.0 Å². The number of aliphatic imine (C=N–C) groups is 1. The van der Waals surface area contributed by atoms with E-state index in [0.717, 1.165) is 19.0 Å². The summed E-state index contributed by atoms with van der Waals surface area (Å²) in [6.45, 7) is 8.44. The van der Waals surface area contributed by atoms with Gasteiger partial charge >= 0.3 is 0 Å². The molecular weight excluding hydrogens is 497 g/mol. The van der Waals surface area contributed by atoms with Crippen molar-refractivity contribution >= 4 is 40.0 Å². The van der Waals surface area contributed by atoms with E-state index in [2.05, 4.69) is 34.2 Å². The normalized spacial score (nSPS) is 16.3. The van der Waals surface area contributed by atoms with E-state index in [9.17, 15) is 8.42 Å². The van der Waals surface area contributed by atoms with Crippen LogP contribution in [0.2, 0.25) is 0 Å². The highest BCUT2D eigenvalue weighted by Gasteiger charge is 2.28. The molecular formula is C17H32IN5O4S. The SMILES string of the molecule is CN=C(NCCOCCC(C)C)N1CCN(S(=O)(=O)Cc2ccon2)CC1.I. The molecule has 2 heterocycles. The van der Waals surface area contributed by atoms with E-state index in [4.69, 9.17) is 9.26 Å². The molecule has 9 nitrogen and oxygen atoms in total. The van der Waals surface area contributed by atoms with Crippen LogP contribution in [0.3, 0.4) is 0 Å². The average Bonchev–Trinajstić information content (AvgIpc) is 3.13. The Labute approximate surface area is 184 Å². The molecule has 0 amide bonds. The maximum Gasteiger partial charge on any atom is 0.220 e. The number of hydrogen-bond donors (Lipinski definition) is 1. The highest BCUT2D eigenvalue weighted by Crippen LogP contribution is 2.12. The van der Waals surface area contributed by atoms with Crippen LogP contribution in [0.5, 0.6) is 0 Å². The van der Waals surface area contributed by atoms with Crippen LogP contribution in [0.1, 0.15) is 26.0 Å². The first-order valence-corrected chi connectivity index (χ1v) is 10.9. The van der Waals surface area contributed by atoms with Crippen molar-refractivity contribution in [1.82, 2.24) is 19.7 Å². The monoisotopic (exact) mass is 529 g/mol. The minimum Gasteiger partial charge on any atom is -0.380 e. The number of hydrogen-bond acceptors (Lipinski definition) is 6. The molecule has 2 rings (SSSR count). The van der Waals surface area contributed by atoms with Gasteiger partial charge in [0.15, 0.2) is 5.96 Å². The number of sulfonamides is 1. The lowest BCUT2D eigenvalue weighted by Gasteiger charge is -2.35. The number of piperazine rings is 1. The number of rotatable bonds is 9. The molecule has 28 heavy (non-hydrogen) atoms. The van der Waals surface area contributed by atoms with Gasteiger partial charge in [-0.1, -0.05) is 19.0 Å². The van der Waals surface area contributed by atoms with Crippen molar-refractivity contribution in [3.8, 4) is 0 Å². The Bertz CT molecular complexity index is 674. The second-order valence-electron chi connectivity index (χ2n) is 6.90. The summed E-state index contributed by atoms with van der Waals surface area (Å²) in [5.41, 5.74) is 0.423. The summed E-state index contributed by atoms with van der Waals surface area (Å²) in [4.78, 5) is 6.36. The standard InChI is InChI=1S/C17H31N5O4S.HI/c1-15(2)4-11-25-13-6-19-17(18-3)21-7-9-22(10-8-21)27(23,24)14-16-5-12-26-20-16;/h5,12,15H,4,6-11,13-14H2,1-3H3,(H,18,19);1H. The molecule has 0 spiro atoms. The van der Waals surface area contributed by atoms with Crippen molar-refractivity contribution in [2.24, 2.45) is 10.9 Å². The number of ether oxygens (including phenoxy) is 1. The minimum atomic E-state index is -3.39. The molecule has 1 aliphatic heterocycles. The van der Waals surface area contributed by atoms with Crippen molar-refractivity contribution in [3.05, 3.63) is 18.0 Å². The predicted octanol–water partition coefficient (Wildman–Crippen LogP) is 1.38. The molecule has 1 saturated heterocycles. The van der Waals surface area contributed by atoms with Crippen molar-refractivity contribution in [3.63, 3.8) is 0 Å². The smallest absolute Gasteiger partial charge is 0.220 e. The van der Waals surface area contributed by atoms with E-state index in [0.29, 0.717) is 50.9 Å². The summed E-state index contributed by atoms with van der Waals surface area (Å²) in [6.07, 6.45) is 2.44. The first kappa shape index (κ1) is 25.1. The number of nitrogens with zero attached hydrogens (tertiary/aromatic N) is 4. The van der Waals surface area contributed by atoms with Crippen LogP contribution in [0, 0.1) is 5.92 Å². The number of halogens is 1. The van der Waals surface area contributed by atoms with Gasteiger partial charge in [0.25, 0.3) is 0 Å². The van der Waals surface area contributed by atoms with Gasteiger partial charge in [0.2, 0.25) is 10.0 Å². The fourth-order valence-electron chi connectivity index (χ4n) is 2.76. The summed E-state index contributed by atoms with van der Waals surface area (Å²) in [5.74, 6) is 1.28. The molecule has 0 radical (unpaired) electrons. The van der Waals surface area contributed by atoms with Gasteiger partial charge in [0.1, 0.15) is 12.0 Å². The topological polar surface area (TPSA) is 100 Å². The lowest BCUT2D eigenvalue weighted by molar-refractivity contribution is 0.127. The van der Waals surface area contributed by atoms with Gasteiger partial charge < -0.3 is 19.5 Å². The quantitative estimate of drug-likeness (QED) is 0.223. The van der Waals surface area contributed by atoms with Crippen LogP contribution in [0.15, 0.2) is 21.8 Å². The van der Waals surface area contributed by atoms with E-state index >= 15 is 0 Å². The molecule has 0 unspecified atom stereocenters. The van der Waals surface area contributed by atoms with Crippen molar-refractivity contribution in [2.75, 3.05) is 53.0 Å². The van der Waals surface area contributed by atoms with Crippen LogP contribution in [0.4, 0.5) is 0 Å². The summed E-state index contributed by atoms with van der Waals surface area (Å²) in [7, 11) is -1.66. The third-order valence-electron chi connectivity index (χ3n) is 4.33. The second kappa shape index (κ2) is 12.6. The van der Waals surface area contributed by atoms with Gasteiger partial charge in [0, 0.05) is 52.4 Å². The lowest BCUT2D eigenvalue weighted by Crippen LogP contribution is -2.54. The zero-order valence-electron chi connectivity index (χ0n) is 16.8. The number of aromatic nitrogens is 1. The Morgan fingerprint density at radius 2 is 2.04 bits per heavy atom. The molecule has 1 fully saturated rings. The zero-order valence-corrected chi connectivity index (χ0v) is 20.0. The van der Waals surface area contributed by atoms with Crippen molar-refractivity contribution in [1.29, 1.82) is 0 Å². The highest BCUT2D eigenvalue weighted by molar-refractivity contribution is 14.0. The van der Waals surface area contributed by atoms with Gasteiger partial charge in [0.05, 0.1) is 12.3 Å². The summed E-state index contributed by atoms with van der Waals surface area (Å²) >= 11 is 0. The van der Waals surface area contributed by atoms with Gasteiger partial charge in [-0.2, -0.15) is 4.31 Å². The lowest BCUT2D eigenvalue weighted by atomic mass is 10.1. The largest absolute Gasteiger partial charge is 0.380 e. The Kier molecular flexibility index (Phi) is 11.3. The minimum absolute atomic E-state index is 0. The zero-order chi connectivity index (χ0) is 19.7. The number of guanidine groups is 1. The van der Waals surface area contributed by atoms with Crippen LogP contribution in [-0.2, 0) is 20.5 Å². The van der Waals surface area contributed by atoms with E-state index in [1.807, 2.05) is 0 Å². The van der Waals surface area contributed by atoms with E-state index in [1.54, 1.807) is 13.1 Å². The van der Waals surface area contributed by atoms with Gasteiger partial charge in [-0.3, -0.25) is 4.99 Å². The maximum absolute atomic E-state index is 12.5. The summed E-state index contributed by atoms with van der Waals surface area (Å²) in [6, 6.07) is 1.57. The maximum atomic E-state index is 12.5. The highest BCUT2D eigenvalue weighted by atomic mass is 127. The Hall–Kier alpha value is -0.920. The van der Waals surface area contributed by atoms with Crippen LogP contribution in [-0.4, -0.2) is 81.7 Å². The predicted molar refractivity (Wildman–Crippen MR) is 119 cm³/mol. The van der Waals surface area contributed by atoms with Crippen LogP contribution >= 0.6 is 24.0 Å². The van der Waals surface area contributed by atoms with Gasteiger partial charge in [-0.15, -0.1) is 24.0 Å². The van der Waals surface area contributed by atoms with E-state index < -0.39 is 10.0 Å². The van der Waals surface area contributed by atoms with Gasteiger partial charge in [-0.05, 0) is 12.3 Å². The summed E-state index contributed by atoms with van der Waals surface area (Å²) in [5, 5.41) is 6.96. The Balaban J connectivity index is 0.00000392. The molecule has 0 aliphatic carbocycles. The average molecular weight is 529 g/mol. The molecule has 1 N–H and O–H groups in total. The first-order chi connectivity index (χ1) is 12.9. The molecule has 0 saturated carbocycles. The van der Waals surface area contributed by atoms with E-state index in [-0.39, 0.29) is 29.7 Å². The number of nitrogens with one attached hydrogen (secondary N) is 1. The molecule has 0 bridgehead atoms. The third-order valence-corrected chi connectivity index (χ3v) is 6.15.